The third-order valence-electron chi connectivity index (χ3n) is 4.74. The molecule has 0 saturated heterocycles. The Morgan fingerprint density at radius 1 is 1.13 bits per heavy atom. The Balaban J connectivity index is 1.61. The van der Waals surface area contributed by atoms with Gasteiger partial charge >= 0.3 is 0 Å². The van der Waals surface area contributed by atoms with Crippen molar-refractivity contribution >= 4 is 11.3 Å². The molecule has 0 radical (unpaired) electrons. The number of hydrogen-bond acceptors (Lipinski definition) is 3. The topological polar surface area (TPSA) is 42.2 Å². The van der Waals surface area contributed by atoms with E-state index in [4.69, 9.17) is 4.98 Å². The van der Waals surface area contributed by atoms with Crippen molar-refractivity contribution in [3.8, 4) is 11.3 Å². The molecule has 4 rings (SSSR count). The van der Waals surface area contributed by atoms with E-state index in [9.17, 15) is 0 Å². The first-order valence-corrected chi connectivity index (χ1v) is 8.46. The largest absolute Gasteiger partial charge is 0.367 e. The number of pyridine rings is 2. The Bertz CT molecular complexity index is 808. The van der Waals surface area contributed by atoms with Crippen molar-refractivity contribution in [1.82, 2.24) is 14.6 Å². The third kappa shape index (κ3) is 2.93. The number of anilines is 1. The summed E-state index contributed by atoms with van der Waals surface area (Å²) in [5.74, 6) is 1.78. The highest BCUT2D eigenvalue weighted by molar-refractivity contribution is 5.78. The van der Waals surface area contributed by atoms with Crippen LogP contribution in [0.4, 0.5) is 5.82 Å². The van der Waals surface area contributed by atoms with Gasteiger partial charge in [0, 0.05) is 17.8 Å². The zero-order chi connectivity index (χ0) is 15.6. The van der Waals surface area contributed by atoms with Crippen molar-refractivity contribution in [3.05, 3.63) is 48.8 Å². The lowest BCUT2D eigenvalue weighted by Gasteiger charge is -2.27. The Morgan fingerprint density at radius 2 is 2.09 bits per heavy atom. The zero-order valence-electron chi connectivity index (χ0n) is 13.4. The van der Waals surface area contributed by atoms with Gasteiger partial charge in [0.1, 0.15) is 5.82 Å². The molecule has 4 nitrogen and oxygen atoms in total. The number of nitrogens with zero attached hydrogens (tertiary/aromatic N) is 3. The minimum Gasteiger partial charge on any atom is -0.367 e. The van der Waals surface area contributed by atoms with Crippen LogP contribution in [0.25, 0.3) is 16.8 Å². The van der Waals surface area contributed by atoms with Crippen LogP contribution in [0.5, 0.6) is 0 Å². The maximum absolute atomic E-state index is 4.82. The number of nitrogens with one attached hydrogen (secondary N) is 1. The summed E-state index contributed by atoms with van der Waals surface area (Å²) in [5.41, 5.74) is 3.13. The van der Waals surface area contributed by atoms with Crippen molar-refractivity contribution in [1.29, 1.82) is 0 Å². The quantitative estimate of drug-likeness (QED) is 0.780. The second-order valence-electron chi connectivity index (χ2n) is 6.61. The Morgan fingerprint density at radius 3 is 3.00 bits per heavy atom. The lowest BCUT2D eigenvalue weighted by molar-refractivity contribution is 0.358. The summed E-state index contributed by atoms with van der Waals surface area (Å²) in [5, 5.41) is 8.03. The SMILES string of the molecule is CC1CCCC(Nc2cccc(-c3cnn4ccccc34)n2)C1. The van der Waals surface area contributed by atoms with Crippen LogP contribution in [0.1, 0.15) is 32.6 Å². The van der Waals surface area contributed by atoms with Crippen LogP contribution in [0.15, 0.2) is 48.8 Å². The van der Waals surface area contributed by atoms with Crippen LogP contribution in [0.2, 0.25) is 0 Å². The van der Waals surface area contributed by atoms with Gasteiger partial charge in [-0.15, -0.1) is 0 Å². The third-order valence-corrected chi connectivity index (χ3v) is 4.74. The molecule has 0 aliphatic heterocycles. The highest BCUT2D eigenvalue weighted by Gasteiger charge is 2.19. The van der Waals surface area contributed by atoms with Crippen molar-refractivity contribution < 1.29 is 0 Å². The van der Waals surface area contributed by atoms with Gasteiger partial charge in [0.25, 0.3) is 0 Å². The van der Waals surface area contributed by atoms with E-state index in [1.54, 1.807) is 0 Å². The van der Waals surface area contributed by atoms with Gasteiger partial charge in [0.05, 0.1) is 17.4 Å². The standard InChI is InChI=1S/C19H22N4/c1-14-6-4-7-15(12-14)21-19-10-5-8-17(22-19)16-13-20-23-11-3-2-9-18(16)23/h2-3,5,8-11,13-15H,4,6-7,12H2,1H3,(H,21,22). The molecule has 2 atom stereocenters. The molecule has 0 spiro atoms. The van der Waals surface area contributed by atoms with Gasteiger partial charge in [-0.2, -0.15) is 5.10 Å². The Kier molecular flexibility index (Phi) is 3.74. The molecular formula is C19H22N4. The van der Waals surface area contributed by atoms with Gasteiger partial charge in [-0.25, -0.2) is 9.50 Å². The fourth-order valence-electron chi connectivity index (χ4n) is 3.57. The molecule has 3 aromatic heterocycles. The van der Waals surface area contributed by atoms with E-state index < -0.39 is 0 Å². The molecule has 4 heteroatoms. The van der Waals surface area contributed by atoms with E-state index >= 15 is 0 Å². The number of rotatable bonds is 3. The fraction of sp³-hybridized carbons (Fsp3) is 0.368. The average Bonchev–Trinajstić information content (AvgIpc) is 2.99. The molecule has 3 heterocycles. The van der Waals surface area contributed by atoms with Crippen molar-refractivity contribution in [3.63, 3.8) is 0 Å². The highest BCUT2D eigenvalue weighted by atomic mass is 15.2. The second kappa shape index (κ2) is 6.03. The number of hydrogen-bond donors (Lipinski definition) is 1. The molecule has 2 unspecified atom stereocenters. The maximum Gasteiger partial charge on any atom is 0.126 e. The molecule has 1 saturated carbocycles. The smallest absolute Gasteiger partial charge is 0.126 e. The van der Waals surface area contributed by atoms with Gasteiger partial charge in [0.2, 0.25) is 0 Å². The summed E-state index contributed by atoms with van der Waals surface area (Å²) in [4.78, 5) is 4.82. The number of aromatic nitrogens is 3. The number of fused-ring (bicyclic) bond motifs is 1. The van der Waals surface area contributed by atoms with E-state index in [-0.39, 0.29) is 0 Å². The highest BCUT2D eigenvalue weighted by Crippen LogP contribution is 2.27. The lowest BCUT2D eigenvalue weighted by atomic mass is 9.87. The predicted octanol–water partition coefficient (Wildman–Crippen LogP) is 4.39. The van der Waals surface area contributed by atoms with E-state index in [0.29, 0.717) is 6.04 Å². The maximum atomic E-state index is 4.82. The summed E-state index contributed by atoms with van der Waals surface area (Å²) in [6, 6.07) is 12.8. The van der Waals surface area contributed by atoms with Crippen molar-refractivity contribution in [2.75, 3.05) is 5.32 Å². The first-order valence-electron chi connectivity index (χ1n) is 8.46. The predicted molar refractivity (Wildman–Crippen MR) is 93.5 cm³/mol. The lowest BCUT2D eigenvalue weighted by Crippen LogP contribution is -2.26. The molecule has 1 aliphatic carbocycles. The van der Waals surface area contributed by atoms with Crippen LogP contribution in [0, 0.1) is 5.92 Å². The minimum atomic E-state index is 0.547. The van der Waals surface area contributed by atoms with E-state index in [1.165, 1.54) is 25.7 Å². The summed E-state index contributed by atoms with van der Waals surface area (Å²) >= 11 is 0. The van der Waals surface area contributed by atoms with Gasteiger partial charge in [-0.3, -0.25) is 0 Å². The fourth-order valence-corrected chi connectivity index (χ4v) is 3.57. The minimum absolute atomic E-state index is 0.547. The van der Waals surface area contributed by atoms with E-state index in [0.717, 1.165) is 28.5 Å². The monoisotopic (exact) mass is 306 g/mol. The molecule has 0 bridgehead atoms. The molecule has 0 amide bonds. The van der Waals surface area contributed by atoms with Crippen LogP contribution in [-0.4, -0.2) is 20.6 Å². The zero-order valence-corrected chi connectivity index (χ0v) is 13.4. The average molecular weight is 306 g/mol. The van der Waals surface area contributed by atoms with Crippen molar-refractivity contribution in [2.45, 2.75) is 38.6 Å². The summed E-state index contributed by atoms with van der Waals surface area (Å²) in [7, 11) is 0. The molecule has 0 aromatic carbocycles. The normalized spacial score (nSPS) is 21.4. The molecule has 1 aliphatic rings. The second-order valence-corrected chi connectivity index (χ2v) is 6.61. The molecule has 1 fully saturated rings. The summed E-state index contributed by atoms with van der Waals surface area (Å²) in [6.07, 6.45) is 9.00. The first-order chi connectivity index (χ1) is 11.3. The molecule has 3 aromatic rings. The van der Waals surface area contributed by atoms with Crippen LogP contribution >= 0.6 is 0 Å². The van der Waals surface area contributed by atoms with Gasteiger partial charge in [-0.05, 0) is 43.0 Å². The Labute approximate surface area is 136 Å². The molecule has 118 valence electrons. The van der Waals surface area contributed by atoms with E-state index in [2.05, 4.69) is 41.6 Å². The van der Waals surface area contributed by atoms with E-state index in [1.807, 2.05) is 29.0 Å². The summed E-state index contributed by atoms with van der Waals surface area (Å²) < 4.78 is 1.89. The van der Waals surface area contributed by atoms with Gasteiger partial charge in [0.15, 0.2) is 0 Å². The van der Waals surface area contributed by atoms with Gasteiger partial charge < -0.3 is 5.32 Å². The first kappa shape index (κ1) is 14.2. The summed E-state index contributed by atoms with van der Waals surface area (Å²) in [6.45, 7) is 2.34. The van der Waals surface area contributed by atoms with Crippen molar-refractivity contribution in [2.24, 2.45) is 5.92 Å². The molecular weight excluding hydrogens is 284 g/mol. The van der Waals surface area contributed by atoms with Crippen LogP contribution in [-0.2, 0) is 0 Å². The Hall–Kier alpha value is -2.36. The van der Waals surface area contributed by atoms with Gasteiger partial charge in [-0.1, -0.05) is 31.9 Å². The van der Waals surface area contributed by atoms with Crippen LogP contribution < -0.4 is 5.32 Å². The molecule has 23 heavy (non-hydrogen) atoms. The van der Waals surface area contributed by atoms with Crippen LogP contribution in [0.3, 0.4) is 0 Å². The molecule has 1 N–H and O–H groups in total.